The fraction of sp³-hybridized carbons (Fsp3) is 0.556. The monoisotopic (exact) mass is 494 g/mol. The van der Waals surface area contributed by atoms with Crippen LogP contribution in [0, 0.1) is 0 Å². The fourth-order valence-corrected chi connectivity index (χ4v) is 3.92. The van der Waals surface area contributed by atoms with Gasteiger partial charge in [0.2, 0.25) is 0 Å². The lowest BCUT2D eigenvalue weighted by Gasteiger charge is -2.22. The Bertz CT molecular complexity index is 809. The minimum atomic E-state index is 0.404. The van der Waals surface area contributed by atoms with Crippen LogP contribution in [-0.2, 0) is 13.2 Å². The first-order chi connectivity index (χ1) is 16.1. The van der Waals surface area contributed by atoms with Gasteiger partial charge in [0.25, 0.3) is 0 Å². The van der Waals surface area contributed by atoms with E-state index in [9.17, 15) is 0 Å². The molecule has 4 nitrogen and oxygen atoms in total. The zero-order valence-corrected chi connectivity index (χ0v) is 22.0. The number of rotatable bonds is 17. The van der Waals surface area contributed by atoms with Gasteiger partial charge in [-0.3, -0.25) is 0 Å². The second-order valence-electron chi connectivity index (χ2n) is 8.33. The van der Waals surface area contributed by atoms with Gasteiger partial charge in [-0.15, -0.1) is 0 Å². The van der Waals surface area contributed by atoms with Crippen LogP contribution in [0.5, 0.6) is 11.5 Å². The third kappa shape index (κ3) is 10.6. The molecule has 6 heteroatoms. The predicted molar refractivity (Wildman–Crippen MR) is 141 cm³/mol. The minimum absolute atomic E-state index is 0.404. The largest absolute Gasteiger partial charge is 0.490 e. The maximum atomic E-state index is 6.11. The summed E-state index contributed by atoms with van der Waals surface area (Å²) in [5, 5.41) is 4.65. The van der Waals surface area contributed by atoms with E-state index in [1.165, 1.54) is 50.9 Å². The first-order valence-corrected chi connectivity index (χ1v) is 13.1. The molecule has 0 heterocycles. The number of hydrogen-bond acceptors (Lipinski definition) is 4. The molecule has 0 atom stereocenters. The van der Waals surface area contributed by atoms with Gasteiger partial charge < -0.3 is 19.7 Å². The van der Waals surface area contributed by atoms with Crippen LogP contribution >= 0.6 is 23.2 Å². The SMILES string of the molecule is CCCCN(CCCC)CCCNCc1ccc(OCc2ccc(Cl)c(Cl)c2)c(OCC)c1. The molecule has 184 valence electrons. The summed E-state index contributed by atoms with van der Waals surface area (Å²) in [4.78, 5) is 2.61. The van der Waals surface area contributed by atoms with Crippen LogP contribution in [-0.4, -0.2) is 37.7 Å². The van der Waals surface area contributed by atoms with Crippen molar-refractivity contribution >= 4 is 23.2 Å². The molecule has 2 rings (SSSR count). The zero-order valence-electron chi connectivity index (χ0n) is 20.5. The van der Waals surface area contributed by atoms with Crippen molar-refractivity contribution in [3.05, 3.63) is 57.6 Å². The number of halogens is 2. The lowest BCUT2D eigenvalue weighted by molar-refractivity contribution is 0.261. The Hall–Kier alpha value is -1.46. The minimum Gasteiger partial charge on any atom is -0.490 e. The predicted octanol–water partition coefficient (Wildman–Crippen LogP) is 7.35. The van der Waals surface area contributed by atoms with E-state index in [0.29, 0.717) is 23.3 Å². The molecule has 0 aromatic heterocycles. The molecule has 0 amide bonds. The maximum Gasteiger partial charge on any atom is 0.161 e. The maximum absolute atomic E-state index is 6.11. The van der Waals surface area contributed by atoms with Gasteiger partial charge in [0.05, 0.1) is 16.7 Å². The van der Waals surface area contributed by atoms with Crippen molar-refractivity contribution in [2.75, 3.05) is 32.8 Å². The second-order valence-corrected chi connectivity index (χ2v) is 9.14. The average molecular weight is 496 g/mol. The van der Waals surface area contributed by atoms with Gasteiger partial charge >= 0.3 is 0 Å². The Kier molecular flexibility index (Phi) is 13.7. The second kappa shape index (κ2) is 16.2. The lowest BCUT2D eigenvalue weighted by Crippen LogP contribution is -2.29. The van der Waals surface area contributed by atoms with Crippen molar-refractivity contribution < 1.29 is 9.47 Å². The number of benzene rings is 2. The Balaban J connectivity index is 1.82. The highest BCUT2D eigenvalue weighted by molar-refractivity contribution is 6.42. The van der Waals surface area contributed by atoms with Crippen molar-refractivity contribution in [2.24, 2.45) is 0 Å². The van der Waals surface area contributed by atoms with Crippen LogP contribution in [0.15, 0.2) is 36.4 Å². The third-order valence-electron chi connectivity index (χ3n) is 5.50. The lowest BCUT2D eigenvalue weighted by atomic mass is 10.2. The van der Waals surface area contributed by atoms with Gasteiger partial charge in [-0.2, -0.15) is 0 Å². The Morgan fingerprint density at radius 1 is 0.758 bits per heavy atom. The summed E-state index contributed by atoms with van der Waals surface area (Å²) in [5.74, 6) is 1.50. The van der Waals surface area contributed by atoms with Crippen molar-refractivity contribution in [2.45, 2.75) is 66.0 Å². The van der Waals surface area contributed by atoms with E-state index in [-0.39, 0.29) is 0 Å². The van der Waals surface area contributed by atoms with Gasteiger partial charge in [0, 0.05) is 6.54 Å². The normalized spacial score (nSPS) is 11.2. The topological polar surface area (TPSA) is 33.7 Å². The molecule has 2 aromatic carbocycles. The zero-order chi connectivity index (χ0) is 23.9. The summed E-state index contributed by atoms with van der Waals surface area (Å²) in [6.45, 7) is 12.9. The Morgan fingerprint density at radius 2 is 1.45 bits per heavy atom. The number of ether oxygens (including phenoxy) is 2. The fourth-order valence-electron chi connectivity index (χ4n) is 3.60. The molecular weight excluding hydrogens is 455 g/mol. The summed E-state index contributed by atoms with van der Waals surface area (Å²) in [7, 11) is 0. The molecule has 0 saturated carbocycles. The smallest absolute Gasteiger partial charge is 0.161 e. The van der Waals surface area contributed by atoms with Crippen LogP contribution in [0.2, 0.25) is 10.0 Å². The Morgan fingerprint density at radius 3 is 2.12 bits per heavy atom. The molecule has 2 aromatic rings. The molecule has 0 radical (unpaired) electrons. The summed E-state index contributed by atoms with van der Waals surface area (Å²) < 4.78 is 11.8. The summed E-state index contributed by atoms with van der Waals surface area (Å²) in [5.41, 5.74) is 2.15. The molecule has 1 N–H and O–H groups in total. The van der Waals surface area contributed by atoms with Crippen LogP contribution in [0.4, 0.5) is 0 Å². The van der Waals surface area contributed by atoms with Crippen molar-refractivity contribution in [1.82, 2.24) is 10.2 Å². The van der Waals surface area contributed by atoms with E-state index in [1.807, 2.05) is 25.1 Å². The molecule has 0 aliphatic heterocycles. The molecular formula is C27H40Cl2N2O2. The van der Waals surface area contributed by atoms with Crippen LogP contribution in [0.3, 0.4) is 0 Å². The first-order valence-electron chi connectivity index (χ1n) is 12.3. The number of hydrogen-bond donors (Lipinski definition) is 1. The number of nitrogens with zero attached hydrogens (tertiary/aromatic N) is 1. The van der Waals surface area contributed by atoms with Gasteiger partial charge in [-0.05, 0) is 87.8 Å². The van der Waals surface area contributed by atoms with E-state index in [4.69, 9.17) is 32.7 Å². The van der Waals surface area contributed by atoms with Crippen LogP contribution in [0.25, 0.3) is 0 Å². The van der Waals surface area contributed by atoms with Gasteiger partial charge in [-0.25, -0.2) is 0 Å². The van der Waals surface area contributed by atoms with E-state index in [0.717, 1.165) is 36.6 Å². The first kappa shape index (κ1) is 27.8. The van der Waals surface area contributed by atoms with Crippen molar-refractivity contribution in [3.8, 4) is 11.5 Å². The number of nitrogens with one attached hydrogen (secondary N) is 1. The molecule has 0 aliphatic rings. The summed E-state index contributed by atoms with van der Waals surface area (Å²) >= 11 is 12.1. The highest BCUT2D eigenvalue weighted by Crippen LogP contribution is 2.30. The summed E-state index contributed by atoms with van der Waals surface area (Å²) in [6, 6.07) is 11.7. The van der Waals surface area contributed by atoms with Crippen molar-refractivity contribution in [1.29, 1.82) is 0 Å². The van der Waals surface area contributed by atoms with Gasteiger partial charge in [-0.1, -0.05) is 62.0 Å². The average Bonchev–Trinajstić information content (AvgIpc) is 2.82. The van der Waals surface area contributed by atoms with Crippen LogP contribution in [0.1, 0.15) is 64.0 Å². The standard InChI is InChI=1S/C27H40Cl2N2O2/c1-4-7-15-31(16-8-5-2)17-9-14-30-20-22-11-13-26(27(19-22)32-6-3)33-21-23-10-12-24(28)25(29)18-23/h10-13,18-19,30H,4-9,14-17,20-21H2,1-3H3. The van der Waals surface area contributed by atoms with Crippen molar-refractivity contribution in [3.63, 3.8) is 0 Å². The number of unbranched alkanes of at least 4 members (excludes halogenated alkanes) is 2. The van der Waals surface area contributed by atoms with Gasteiger partial charge in [0.15, 0.2) is 11.5 Å². The van der Waals surface area contributed by atoms with Gasteiger partial charge in [0.1, 0.15) is 6.61 Å². The Labute approximate surface area is 210 Å². The molecule has 0 aliphatic carbocycles. The third-order valence-corrected chi connectivity index (χ3v) is 6.24. The molecule has 0 unspecified atom stereocenters. The molecule has 0 spiro atoms. The van der Waals surface area contributed by atoms with E-state index >= 15 is 0 Å². The van der Waals surface area contributed by atoms with E-state index < -0.39 is 0 Å². The van der Waals surface area contributed by atoms with E-state index in [2.05, 4.69) is 36.2 Å². The quantitative estimate of drug-likeness (QED) is 0.233. The molecule has 0 bridgehead atoms. The summed E-state index contributed by atoms with van der Waals surface area (Å²) in [6.07, 6.45) is 6.26. The molecule has 0 fully saturated rings. The highest BCUT2D eigenvalue weighted by Gasteiger charge is 2.09. The van der Waals surface area contributed by atoms with Crippen LogP contribution < -0.4 is 14.8 Å². The van der Waals surface area contributed by atoms with E-state index in [1.54, 1.807) is 6.07 Å². The molecule has 33 heavy (non-hydrogen) atoms. The molecule has 0 saturated heterocycles. The highest BCUT2D eigenvalue weighted by atomic mass is 35.5.